The van der Waals surface area contributed by atoms with E-state index in [0.29, 0.717) is 13.2 Å². The van der Waals surface area contributed by atoms with Gasteiger partial charge < -0.3 is 14.2 Å². The molecule has 0 aliphatic carbocycles. The number of hydrogen-bond donors (Lipinski definition) is 0. The molecule has 0 aliphatic rings. The number of methoxy groups -OCH3 is 1. The van der Waals surface area contributed by atoms with E-state index in [-0.39, 0.29) is 0 Å². The SMILES string of the molecule is COc1ccccc1OCCCOc1ccccc1. The molecule has 3 nitrogen and oxygen atoms in total. The topological polar surface area (TPSA) is 27.7 Å². The van der Waals surface area contributed by atoms with E-state index in [1.807, 2.05) is 54.6 Å². The minimum Gasteiger partial charge on any atom is -0.493 e. The Hall–Kier alpha value is -2.16. The molecule has 3 heteroatoms. The molecule has 0 spiro atoms. The summed E-state index contributed by atoms with van der Waals surface area (Å²) in [4.78, 5) is 0. The number of para-hydroxylation sites is 3. The molecule has 0 amide bonds. The van der Waals surface area contributed by atoms with Crippen LogP contribution in [0.4, 0.5) is 0 Å². The van der Waals surface area contributed by atoms with Gasteiger partial charge in [-0.1, -0.05) is 30.3 Å². The first-order chi connectivity index (χ1) is 9.40. The molecule has 0 bridgehead atoms. The van der Waals surface area contributed by atoms with E-state index in [9.17, 15) is 0 Å². The van der Waals surface area contributed by atoms with Crippen LogP contribution in [0.3, 0.4) is 0 Å². The van der Waals surface area contributed by atoms with Crippen LogP contribution < -0.4 is 14.2 Å². The van der Waals surface area contributed by atoms with Crippen LogP contribution in [0.15, 0.2) is 54.6 Å². The molecule has 0 saturated carbocycles. The second kappa shape index (κ2) is 7.31. The Bertz CT molecular complexity index is 482. The molecule has 0 saturated heterocycles. The lowest BCUT2D eigenvalue weighted by molar-refractivity contribution is 0.240. The van der Waals surface area contributed by atoms with Crippen molar-refractivity contribution in [2.75, 3.05) is 20.3 Å². The molecule has 0 radical (unpaired) electrons. The van der Waals surface area contributed by atoms with Crippen molar-refractivity contribution in [1.82, 2.24) is 0 Å². The van der Waals surface area contributed by atoms with Crippen LogP contribution in [-0.2, 0) is 0 Å². The largest absolute Gasteiger partial charge is 0.493 e. The lowest BCUT2D eigenvalue weighted by atomic mass is 10.3. The fourth-order valence-electron chi connectivity index (χ4n) is 1.69. The van der Waals surface area contributed by atoms with Gasteiger partial charge in [-0.15, -0.1) is 0 Å². The molecular formula is C16H18O3. The third-order valence-corrected chi connectivity index (χ3v) is 2.63. The molecule has 100 valence electrons. The molecule has 0 fully saturated rings. The highest BCUT2D eigenvalue weighted by molar-refractivity contribution is 5.39. The Labute approximate surface area is 113 Å². The monoisotopic (exact) mass is 258 g/mol. The molecule has 0 aliphatic heterocycles. The molecular weight excluding hydrogens is 240 g/mol. The maximum absolute atomic E-state index is 5.66. The summed E-state index contributed by atoms with van der Waals surface area (Å²) >= 11 is 0. The fourth-order valence-corrected chi connectivity index (χ4v) is 1.69. The van der Waals surface area contributed by atoms with Crippen molar-refractivity contribution in [3.63, 3.8) is 0 Å². The van der Waals surface area contributed by atoms with Crippen molar-refractivity contribution < 1.29 is 14.2 Å². The molecule has 2 aromatic rings. The molecule has 2 rings (SSSR count). The first-order valence-corrected chi connectivity index (χ1v) is 6.34. The summed E-state index contributed by atoms with van der Waals surface area (Å²) in [5.41, 5.74) is 0. The van der Waals surface area contributed by atoms with Gasteiger partial charge in [-0.2, -0.15) is 0 Å². The second-order valence-corrected chi connectivity index (χ2v) is 4.01. The van der Waals surface area contributed by atoms with Gasteiger partial charge in [0, 0.05) is 6.42 Å². The number of ether oxygens (including phenoxy) is 3. The van der Waals surface area contributed by atoms with Crippen LogP contribution in [0.2, 0.25) is 0 Å². The van der Waals surface area contributed by atoms with Crippen LogP contribution in [0, 0.1) is 0 Å². The zero-order valence-electron chi connectivity index (χ0n) is 11.0. The average molecular weight is 258 g/mol. The molecule has 0 atom stereocenters. The van der Waals surface area contributed by atoms with Crippen LogP contribution in [0.5, 0.6) is 17.2 Å². The Morgan fingerprint density at radius 2 is 1.37 bits per heavy atom. The first kappa shape index (κ1) is 13.3. The van der Waals surface area contributed by atoms with E-state index in [1.165, 1.54) is 0 Å². The van der Waals surface area contributed by atoms with Crippen molar-refractivity contribution >= 4 is 0 Å². The maximum atomic E-state index is 5.66. The Kier molecular flexibility index (Phi) is 5.11. The second-order valence-electron chi connectivity index (χ2n) is 4.01. The molecule has 0 N–H and O–H groups in total. The van der Waals surface area contributed by atoms with Crippen molar-refractivity contribution in [3.8, 4) is 17.2 Å². The predicted octanol–water partition coefficient (Wildman–Crippen LogP) is 3.54. The minimum atomic E-state index is 0.604. The van der Waals surface area contributed by atoms with Gasteiger partial charge in [0.15, 0.2) is 11.5 Å². The average Bonchev–Trinajstić information content (AvgIpc) is 2.48. The van der Waals surface area contributed by atoms with Crippen molar-refractivity contribution in [2.45, 2.75) is 6.42 Å². The Morgan fingerprint density at radius 1 is 0.737 bits per heavy atom. The van der Waals surface area contributed by atoms with Crippen LogP contribution in [-0.4, -0.2) is 20.3 Å². The van der Waals surface area contributed by atoms with Gasteiger partial charge >= 0.3 is 0 Å². The summed E-state index contributed by atoms with van der Waals surface area (Å²) in [7, 11) is 1.64. The van der Waals surface area contributed by atoms with Gasteiger partial charge in [0.05, 0.1) is 20.3 Å². The number of hydrogen-bond acceptors (Lipinski definition) is 3. The van der Waals surface area contributed by atoms with Crippen molar-refractivity contribution in [2.24, 2.45) is 0 Å². The Balaban J connectivity index is 1.69. The standard InChI is InChI=1S/C16H18O3/c1-17-15-10-5-6-11-16(15)19-13-7-12-18-14-8-3-2-4-9-14/h2-6,8-11H,7,12-13H2,1H3. The third kappa shape index (κ3) is 4.21. The first-order valence-electron chi connectivity index (χ1n) is 6.34. The van der Waals surface area contributed by atoms with Gasteiger partial charge in [-0.3, -0.25) is 0 Å². The molecule has 0 unspecified atom stereocenters. The van der Waals surface area contributed by atoms with E-state index >= 15 is 0 Å². The molecule has 0 aromatic heterocycles. The lowest BCUT2D eigenvalue weighted by Crippen LogP contribution is -2.05. The van der Waals surface area contributed by atoms with Crippen LogP contribution in [0.25, 0.3) is 0 Å². The number of benzene rings is 2. The highest BCUT2D eigenvalue weighted by atomic mass is 16.5. The van der Waals surface area contributed by atoms with Crippen LogP contribution >= 0.6 is 0 Å². The van der Waals surface area contributed by atoms with Gasteiger partial charge in [0.1, 0.15) is 5.75 Å². The van der Waals surface area contributed by atoms with Gasteiger partial charge in [-0.25, -0.2) is 0 Å². The summed E-state index contributed by atoms with van der Waals surface area (Å²) in [6.45, 7) is 1.24. The highest BCUT2D eigenvalue weighted by Gasteiger charge is 2.01. The van der Waals surface area contributed by atoms with Gasteiger partial charge in [0.25, 0.3) is 0 Å². The highest BCUT2D eigenvalue weighted by Crippen LogP contribution is 2.25. The van der Waals surface area contributed by atoms with E-state index in [4.69, 9.17) is 14.2 Å². The molecule has 19 heavy (non-hydrogen) atoms. The zero-order valence-corrected chi connectivity index (χ0v) is 11.0. The minimum absolute atomic E-state index is 0.604. The smallest absolute Gasteiger partial charge is 0.161 e. The summed E-state index contributed by atoms with van der Waals surface area (Å²) in [5, 5.41) is 0. The quantitative estimate of drug-likeness (QED) is 0.711. The molecule has 0 heterocycles. The van der Waals surface area contributed by atoms with E-state index < -0.39 is 0 Å². The predicted molar refractivity (Wildman–Crippen MR) is 75.0 cm³/mol. The van der Waals surface area contributed by atoms with Gasteiger partial charge in [0.2, 0.25) is 0 Å². The fraction of sp³-hybridized carbons (Fsp3) is 0.250. The van der Waals surface area contributed by atoms with Crippen molar-refractivity contribution in [1.29, 1.82) is 0 Å². The summed E-state index contributed by atoms with van der Waals surface area (Å²) in [5.74, 6) is 2.41. The van der Waals surface area contributed by atoms with E-state index in [1.54, 1.807) is 7.11 Å². The zero-order chi connectivity index (χ0) is 13.3. The lowest BCUT2D eigenvalue weighted by Gasteiger charge is -2.10. The van der Waals surface area contributed by atoms with Gasteiger partial charge in [-0.05, 0) is 24.3 Å². The summed E-state index contributed by atoms with van der Waals surface area (Å²) in [6, 6.07) is 17.4. The number of rotatable bonds is 7. The summed E-state index contributed by atoms with van der Waals surface area (Å²) < 4.78 is 16.5. The van der Waals surface area contributed by atoms with Crippen LogP contribution in [0.1, 0.15) is 6.42 Å². The van der Waals surface area contributed by atoms with Crippen molar-refractivity contribution in [3.05, 3.63) is 54.6 Å². The normalized spacial score (nSPS) is 9.95. The Morgan fingerprint density at radius 3 is 2.11 bits per heavy atom. The third-order valence-electron chi connectivity index (χ3n) is 2.63. The summed E-state index contributed by atoms with van der Waals surface area (Å²) in [6.07, 6.45) is 0.826. The van der Waals surface area contributed by atoms with E-state index in [2.05, 4.69) is 0 Å². The molecule has 2 aromatic carbocycles. The maximum Gasteiger partial charge on any atom is 0.161 e. The van der Waals surface area contributed by atoms with E-state index in [0.717, 1.165) is 23.7 Å².